The van der Waals surface area contributed by atoms with E-state index in [1.165, 1.54) is 43.4 Å². The van der Waals surface area contributed by atoms with Crippen LogP contribution >= 0.6 is 23.1 Å². The third-order valence-corrected chi connectivity index (χ3v) is 8.21. The molecule has 222 valence electrons. The summed E-state index contributed by atoms with van der Waals surface area (Å²) < 4.78 is 11.8. The monoisotopic (exact) mass is 624 g/mol. The first-order chi connectivity index (χ1) is 21.4. The van der Waals surface area contributed by atoms with Gasteiger partial charge in [0.05, 0.1) is 30.2 Å². The van der Waals surface area contributed by atoms with Gasteiger partial charge in [0.25, 0.3) is 11.8 Å². The van der Waals surface area contributed by atoms with Gasteiger partial charge in [-0.05, 0) is 66.7 Å². The van der Waals surface area contributed by atoms with E-state index in [9.17, 15) is 14.4 Å². The summed E-state index contributed by atoms with van der Waals surface area (Å²) in [5, 5.41) is 8.97. The molecule has 0 saturated carbocycles. The number of hydrogen-bond donors (Lipinski definition) is 3. The zero-order valence-corrected chi connectivity index (χ0v) is 25.5. The molecule has 0 radical (unpaired) electrons. The average Bonchev–Trinajstić information content (AvgIpc) is 3.46. The molecule has 4 aromatic carbocycles. The number of aromatic nitrogens is 1. The quantitative estimate of drug-likeness (QED) is 0.114. The fourth-order valence-corrected chi connectivity index (χ4v) is 5.78. The number of hydrogen-bond acceptors (Lipinski definition) is 8. The van der Waals surface area contributed by atoms with Gasteiger partial charge in [-0.25, -0.2) is 4.98 Å². The molecule has 1 aromatic heterocycles. The van der Waals surface area contributed by atoms with Gasteiger partial charge in [0, 0.05) is 21.7 Å². The summed E-state index contributed by atoms with van der Waals surface area (Å²) in [5.74, 6) is 0.0220. The van der Waals surface area contributed by atoms with E-state index in [-0.39, 0.29) is 17.4 Å². The third kappa shape index (κ3) is 7.82. The number of amides is 3. The molecule has 44 heavy (non-hydrogen) atoms. The highest BCUT2D eigenvalue weighted by Crippen LogP contribution is 2.28. The molecule has 0 aliphatic heterocycles. The summed E-state index contributed by atoms with van der Waals surface area (Å²) in [7, 11) is 3.06. The standard InChI is InChI=1S/C33H28N4O5S2/c1-41-24-15-16-28(42-2)22(17-24)18-27(35-31(39)21-9-4-3-5-10-21)32(40)34-23-11-8-12-25(19-23)43-20-30(38)37-33-36-26-13-6-7-14-29(26)44-33/h3-19H,20H2,1-2H3,(H,34,40)(H,35,39)(H,36,37,38)/b27-18+. The number of rotatable bonds is 11. The highest BCUT2D eigenvalue weighted by molar-refractivity contribution is 8.00. The third-order valence-electron chi connectivity index (χ3n) is 6.27. The van der Waals surface area contributed by atoms with Gasteiger partial charge in [-0.2, -0.15) is 0 Å². The molecule has 0 spiro atoms. The van der Waals surface area contributed by atoms with E-state index < -0.39 is 11.8 Å². The number of ether oxygens (including phenoxy) is 2. The van der Waals surface area contributed by atoms with Gasteiger partial charge < -0.3 is 25.4 Å². The van der Waals surface area contributed by atoms with E-state index in [4.69, 9.17) is 9.47 Å². The van der Waals surface area contributed by atoms with Crippen LogP contribution in [0.4, 0.5) is 10.8 Å². The van der Waals surface area contributed by atoms with E-state index in [0.717, 1.165) is 15.1 Å². The van der Waals surface area contributed by atoms with Crippen molar-refractivity contribution in [2.45, 2.75) is 4.90 Å². The number of nitrogens with zero attached hydrogens (tertiary/aromatic N) is 1. The molecular weight excluding hydrogens is 597 g/mol. The van der Waals surface area contributed by atoms with Crippen molar-refractivity contribution < 1.29 is 23.9 Å². The molecule has 9 nitrogen and oxygen atoms in total. The lowest BCUT2D eigenvalue weighted by Crippen LogP contribution is -2.30. The van der Waals surface area contributed by atoms with Gasteiger partial charge in [-0.1, -0.05) is 47.7 Å². The lowest BCUT2D eigenvalue weighted by atomic mass is 10.1. The summed E-state index contributed by atoms with van der Waals surface area (Å²) in [6.45, 7) is 0. The first-order valence-corrected chi connectivity index (χ1v) is 15.2. The number of para-hydroxylation sites is 1. The topological polar surface area (TPSA) is 119 Å². The van der Waals surface area contributed by atoms with E-state index >= 15 is 0 Å². The predicted octanol–water partition coefficient (Wildman–Crippen LogP) is 6.45. The molecule has 5 aromatic rings. The van der Waals surface area contributed by atoms with Crippen LogP contribution in [-0.2, 0) is 9.59 Å². The molecule has 3 N–H and O–H groups in total. The Morgan fingerprint density at radius 2 is 1.66 bits per heavy atom. The van der Waals surface area contributed by atoms with Gasteiger partial charge in [-0.3, -0.25) is 14.4 Å². The molecule has 0 atom stereocenters. The van der Waals surface area contributed by atoms with Crippen molar-refractivity contribution in [3.8, 4) is 11.5 Å². The summed E-state index contributed by atoms with van der Waals surface area (Å²) >= 11 is 2.74. The van der Waals surface area contributed by atoms with Crippen LogP contribution in [0.1, 0.15) is 15.9 Å². The van der Waals surface area contributed by atoms with Crippen molar-refractivity contribution >= 4 is 67.9 Å². The minimum absolute atomic E-state index is 0.00123. The van der Waals surface area contributed by atoms with Crippen LogP contribution in [0.25, 0.3) is 16.3 Å². The Kier molecular flexibility index (Phi) is 9.90. The molecule has 0 fully saturated rings. The summed E-state index contributed by atoms with van der Waals surface area (Å²) in [5.41, 5.74) is 2.25. The molecule has 1 heterocycles. The molecule has 5 rings (SSSR count). The second-order valence-corrected chi connectivity index (χ2v) is 11.4. The van der Waals surface area contributed by atoms with Crippen LogP contribution in [0.15, 0.2) is 108 Å². The number of benzene rings is 4. The van der Waals surface area contributed by atoms with Crippen molar-refractivity contribution in [3.63, 3.8) is 0 Å². The number of carbonyl (C=O) groups excluding carboxylic acids is 3. The Labute approximate surface area is 262 Å². The number of thiazole rings is 1. The summed E-state index contributed by atoms with van der Waals surface area (Å²) in [4.78, 5) is 44.4. The Hall–Kier alpha value is -5.13. The van der Waals surface area contributed by atoms with Crippen LogP contribution in [0.3, 0.4) is 0 Å². The highest BCUT2D eigenvalue weighted by Gasteiger charge is 2.17. The van der Waals surface area contributed by atoms with E-state index in [0.29, 0.717) is 33.4 Å². The fourth-order valence-electron chi connectivity index (χ4n) is 4.14. The van der Waals surface area contributed by atoms with Crippen LogP contribution in [0.5, 0.6) is 11.5 Å². The van der Waals surface area contributed by atoms with Gasteiger partial charge in [0.2, 0.25) is 5.91 Å². The molecule has 0 saturated heterocycles. The maximum Gasteiger partial charge on any atom is 0.272 e. The first kappa shape index (κ1) is 30.3. The van der Waals surface area contributed by atoms with Crippen molar-refractivity contribution in [1.29, 1.82) is 0 Å². The van der Waals surface area contributed by atoms with Crippen molar-refractivity contribution in [3.05, 3.63) is 114 Å². The lowest BCUT2D eigenvalue weighted by molar-refractivity contribution is -0.114. The highest BCUT2D eigenvalue weighted by atomic mass is 32.2. The van der Waals surface area contributed by atoms with E-state index in [1.54, 1.807) is 66.7 Å². The number of thioether (sulfide) groups is 1. The molecule has 0 aliphatic rings. The smallest absolute Gasteiger partial charge is 0.272 e. The second-order valence-electron chi connectivity index (χ2n) is 9.29. The molecular formula is C33H28N4O5S2. The Bertz CT molecular complexity index is 1810. The zero-order chi connectivity index (χ0) is 30.9. The number of methoxy groups -OCH3 is 2. The predicted molar refractivity (Wildman–Crippen MR) is 175 cm³/mol. The van der Waals surface area contributed by atoms with Gasteiger partial charge in [-0.15, -0.1) is 11.8 Å². The molecule has 0 unspecified atom stereocenters. The largest absolute Gasteiger partial charge is 0.497 e. The van der Waals surface area contributed by atoms with E-state index in [2.05, 4.69) is 20.9 Å². The number of carbonyl (C=O) groups is 3. The average molecular weight is 625 g/mol. The first-order valence-electron chi connectivity index (χ1n) is 13.4. The summed E-state index contributed by atoms with van der Waals surface area (Å²) in [6.07, 6.45) is 1.53. The summed E-state index contributed by atoms with van der Waals surface area (Å²) in [6, 6.07) is 28.6. The van der Waals surface area contributed by atoms with Gasteiger partial charge >= 0.3 is 0 Å². The molecule has 11 heteroatoms. The molecule has 0 aliphatic carbocycles. The van der Waals surface area contributed by atoms with Crippen LogP contribution in [-0.4, -0.2) is 42.7 Å². The van der Waals surface area contributed by atoms with Crippen LogP contribution in [0, 0.1) is 0 Å². The Balaban J connectivity index is 1.30. The van der Waals surface area contributed by atoms with Crippen LogP contribution in [0.2, 0.25) is 0 Å². The zero-order valence-electron chi connectivity index (χ0n) is 23.8. The molecule has 3 amide bonds. The van der Waals surface area contributed by atoms with Crippen molar-refractivity contribution in [1.82, 2.24) is 10.3 Å². The normalized spacial score (nSPS) is 11.1. The maximum atomic E-state index is 13.5. The number of nitrogens with one attached hydrogen (secondary N) is 3. The van der Waals surface area contributed by atoms with Crippen LogP contribution < -0.4 is 25.4 Å². The minimum atomic E-state index is -0.546. The van der Waals surface area contributed by atoms with E-state index in [1.807, 2.05) is 30.3 Å². The van der Waals surface area contributed by atoms with Gasteiger partial charge in [0.1, 0.15) is 17.2 Å². The Morgan fingerprint density at radius 3 is 2.43 bits per heavy atom. The second kappa shape index (κ2) is 14.4. The van der Waals surface area contributed by atoms with Gasteiger partial charge in [0.15, 0.2) is 5.13 Å². The van der Waals surface area contributed by atoms with Crippen molar-refractivity contribution in [2.24, 2.45) is 0 Å². The lowest BCUT2D eigenvalue weighted by Gasteiger charge is -2.13. The fraction of sp³-hybridized carbons (Fsp3) is 0.0909. The van der Waals surface area contributed by atoms with Crippen molar-refractivity contribution in [2.75, 3.05) is 30.6 Å². The maximum absolute atomic E-state index is 13.5. The minimum Gasteiger partial charge on any atom is -0.497 e. The Morgan fingerprint density at radius 1 is 0.864 bits per heavy atom. The number of anilines is 2. The SMILES string of the molecule is COc1ccc(OC)c(/C=C(/NC(=O)c2ccccc2)C(=O)Nc2cccc(SCC(=O)Nc3nc4ccccc4s3)c2)c1. The number of fused-ring (bicyclic) bond motifs is 1. The molecule has 0 bridgehead atoms.